The number of methoxy groups -OCH3 is 1. The Morgan fingerprint density at radius 3 is 2.97 bits per heavy atom. The Balaban J connectivity index is 1.47. The summed E-state index contributed by atoms with van der Waals surface area (Å²) in [4.78, 5) is 20.1. The second-order valence-corrected chi connectivity index (χ2v) is 7.35. The summed E-state index contributed by atoms with van der Waals surface area (Å²) in [6.07, 6.45) is 12.1. The van der Waals surface area contributed by atoms with Gasteiger partial charge < -0.3 is 15.2 Å². The minimum Gasteiger partial charge on any atom is -0.481 e. The molecule has 2 aromatic heterocycles. The Morgan fingerprint density at radius 1 is 1.31 bits per heavy atom. The lowest BCUT2D eigenvalue weighted by molar-refractivity contribution is -0.137. The third kappa shape index (κ3) is 6.31. The predicted octanol–water partition coefficient (Wildman–Crippen LogP) is 4.37. The standard InChI is InChI=1S/C23H29N3O3/c1-29-21-13-11-19(16-25-21)18(15-22(27)28)7-4-2-3-5-9-20-12-10-17-8-6-14-24-23(17)26-20/h4,7,10-13,16,18H,2-3,5-6,8-9,14-15H2,1H3,(H,24,26)(H,27,28)/b7-4+/t18-/m1/s1. The number of anilines is 1. The molecule has 2 N–H and O–H groups in total. The summed E-state index contributed by atoms with van der Waals surface area (Å²) in [5.41, 5.74) is 3.34. The predicted molar refractivity (Wildman–Crippen MR) is 114 cm³/mol. The van der Waals surface area contributed by atoms with Gasteiger partial charge in [0, 0.05) is 30.4 Å². The van der Waals surface area contributed by atoms with Crippen molar-refractivity contribution in [1.82, 2.24) is 9.97 Å². The minimum atomic E-state index is -0.817. The molecule has 0 aromatic carbocycles. The van der Waals surface area contributed by atoms with Gasteiger partial charge in [0.1, 0.15) is 5.82 Å². The number of ether oxygens (including phenoxy) is 1. The normalized spacial score (nSPS) is 14.2. The first-order chi connectivity index (χ1) is 14.2. The van der Waals surface area contributed by atoms with Crippen LogP contribution in [0, 0.1) is 0 Å². The number of hydrogen-bond acceptors (Lipinski definition) is 5. The van der Waals surface area contributed by atoms with E-state index in [4.69, 9.17) is 9.72 Å². The highest BCUT2D eigenvalue weighted by atomic mass is 16.5. The summed E-state index contributed by atoms with van der Waals surface area (Å²) in [6, 6.07) is 7.97. The third-order valence-electron chi connectivity index (χ3n) is 5.16. The monoisotopic (exact) mass is 395 g/mol. The zero-order valence-electron chi connectivity index (χ0n) is 16.9. The van der Waals surface area contributed by atoms with Crippen LogP contribution in [0.5, 0.6) is 5.88 Å². The van der Waals surface area contributed by atoms with Crippen molar-refractivity contribution in [2.24, 2.45) is 0 Å². The number of aliphatic carboxylic acids is 1. The summed E-state index contributed by atoms with van der Waals surface area (Å²) >= 11 is 0. The van der Waals surface area contributed by atoms with E-state index in [0.29, 0.717) is 5.88 Å². The van der Waals surface area contributed by atoms with Gasteiger partial charge in [0.2, 0.25) is 5.88 Å². The topological polar surface area (TPSA) is 84.3 Å². The maximum absolute atomic E-state index is 11.2. The van der Waals surface area contributed by atoms with Gasteiger partial charge in [0.25, 0.3) is 0 Å². The van der Waals surface area contributed by atoms with E-state index in [1.165, 1.54) is 12.0 Å². The Morgan fingerprint density at radius 2 is 2.21 bits per heavy atom. The molecule has 2 aromatic rings. The molecule has 0 amide bonds. The quantitative estimate of drug-likeness (QED) is 0.459. The van der Waals surface area contributed by atoms with E-state index in [0.717, 1.165) is 55.7 Å². The number of aromatic nitrogens is 2. The third-order valence-corrected chi connectivity index (χ3v) is 5.16. The molecule has 1 atom stereocenters. The first-order valence-corrected chi connectivity index (χ1v) is 10.3. The van der Waals surface area contributed by atoms with Crippen molar-refractivity contribution in [3.05, 3.63) is 59.4 Å². The molecule has 3 heterocycles. The van der Waals surface area contributed by atoms with E-state index in [1.807, 2.05) is 12.1 Å². The fourth-order valence-electron chi connectivity index (χ4n) is 3.55. The molecule has 1 aliphatic rings. The Labute approximate surface area is 172 Å². The number of hydrogen-bond donors (Lipinski definition) is 2. The van der Waals surface area contributed by atoms with E-state index >= 15 is 0 Å². The molecule has 29 heavy (non-hydrogen) atoms. The van der Waals surface area contributed by atoms with Crippen molar-refractivity contribution in [3.8, 4) is 5.88 Å². The number of nitrogens with zero attached hydrogens (tertiary/aromatic N) is 2. The number of carboxylic acids is 1. The summed E-state index contributed by atoms with van der Waals surface area (Å²) in [5, 5.41) is 12.6. The smallest absolute Gasteiger partial charge is 0.304 e. The zero-order chi connectivity index (χ0) is 20.5. The summed E-state index contributed by atoms with van der Waals surface area (Å²) in [6.45, 7) is 1.01. The molecular formula is C23H29N3O3. The molecule has 3 rings (SSSR count). The summed E-state index contributed by atoms with van der Waals surface area (Å²) in [5.74, 6) is 0.581. The van der Waals surface area contributed by atoms with E-state index in [2.05, 4.69) is 28.5 Å². The molecule has 0 aliphatic carbocycles. The highest BCUT2D eigenvalue weighted by Gasteiger charge is 2.13. The van der Waals surface area contributed by atoms with E-state index in [9.17, 15) is 9.90 Å². The van der Waals surface area contributed by atoms with Crippen molar-refractivity contribution >= 4 is 11.8 Å². The average Bonchev–Trinajstić information content (AvgIpc) is 2.75. The van der Waals surface area contributed by atoms with Crippen LogP contribution < -0.4 is 10.1 Å². The molecule has 0 saturated heterocycles. The Kier molecular flexibility index (Phi) is 7.61. The van der Waals surface area contributed by atoms with Crippen LogP contribution in [-0.4, -0.2) is 34.7 Å². The van der Waals surface area contributed by atoms with Gasteiger partial charge in [0.15, 0.2) is 0 Å². The van der Waals surface area contributed by atoms with Crippen LogP contribution in [0.2, 0.25) is 0 Å². The van der Waals surface area contributed by atoms with Gasteiger partial charge in [-0.25, -0.2) is 9.97 Å². The van der Waals surface area contributed by atoms with Crippen LogP contribution in [0.3, 0.4) is 0 Å². The zero-order valence-corrected chi connectivity index (χ0v) is 16.9. The lowest BCUT2D eigenvalue weighted by Crippen LogP contribution is -2.13. The molecule has 0 bridgehead atoms. The lowest BCUT2D eigenvalue weighted by Gasteiger charge is -2.17. The molecule has 0 radical (unpaired) electrons. The van der Waals surface area contributed by atoms with Crippen molar-refractivity contribution in [2.75, 3.05) is 19.0 Å². The van der Waals surface area contributed by atoms with Gasteiger partial charge >= 0.3 is 5.97 Å². The molecule has 0 fully saturated rings. The lowest BCUT2D eigenvalue weighted by atomic mass is 9.96. The van der Waals surface area contributed by atoms with Crippen molar-refractivity contribution < 1.29 is 14.6 Å². The number of aryl methyl sites for hydroxylation is 2. The Bertz CT molecular complexity index is 834. The maximum Gasteiger partial charge on any atom is 0.304 e. The van der Waals surface area contributed by atoms with Crippen LogP contribution in [0.1, 0.15) is 54.8 Å². The van der Waals surface area contributed by atoms with Crippen LogP contribution in [0.4, 0.5) is 5.82 Å². The minimum absolute atomic E-state index is 0.0521. The number of unbranched alkanes of at least 4 members (excludes halogenated alkanes) is 2. The van der Waals surface area contributed by atoms with Gasteiger partial charge in [-0.05, 0) is 55.7 Å². The summed E-state index contributed by atoms with van der Waals surface area (Å²) in [7, 11) is 1.56. The van der Waals surface area contributed by atoms with E-state index in [1.54, 1.807) is 19.4 Å². The molecule has 0 spiro atoms. The number of rotatable bonds is 10. The van der Waals surface area contributed by atoms with Gasteiger partial charge in [-0.3, -0.25) is 4.79 Å². The molecule has 154 valence electrons. The number of allylic oxidation sites excluding steroid dienone is 2. The average molecular weight is 396 g/mol. The van der Waals surface area contributed by atoms with Gasteiger partial charge in [0.05, 0.1) is 13.5 Å². The number of carbonyl (C=O) groups is 1. The highest BCUT2D eigenvalue weighted by molar-refractivity contribution is 5.68. The van der Waals surface area contributed by atoms with E-state index in [-0.39, 0.29) is 12.3 Å². The van der Waals surface area contributed by atoms with Gasteiger partial charge in [-0.15, -0.1) is 0 Å². The van der Waals surface area contributed by atoms with Crippen LogP contribution in [-0.2, 0) is 17.6 Å². The molecule has 0 unspecified atom stereocenters. The SMILES string of the molecule is COc1ccc([C@H](/C=C/CCCCc2ccc3c(n2)NCCC3)CC(=O)O)cn1. The van der Waals surface area contributed by atoms with Crippen LogP contribution in [0.25, 0.3) is 0 Å². The molecule has 0 saturated carbocycles. The van der Waals surface area contributed by atoms with Crippen LogP contribution in [0.15, 0.2) is 42.6 Å². The number of carboxylic acid groups (broad SMARTS) is 1. The maximum atomic E-state index is 11.2. The van der Waals surface area contributed by atoms with Crippen molar-refractivity contribution in [2.45, 2.75) is 50.9 Å². The first kappa shape index (κ1) is 20.8. The number of fused-ring (bicyclic) bond motifs is 1. The largest absolute Gasteiger partial charge is 0.481 e. The molecular weight excluding hydrogens is 366 g/mol. The molecule has 6 heteroatoms. The van der Waals surface area contributed by atoms with Gasteiger partial charge in [-0.1, -0.05) is 24.3 Å². The fourth-order valence-corrected chi connectivity index (χ4v) is 3.55. The second kappa shape index (κ2) is 10.6. The molecule has 1 aliphatic heterocycles. The fraction of sp³-hybridized carbons (Fsp3) is 0.435. The highest BCUT2D eigenvalue weighted by Crippen LogP contribution is 2.23. The summed E-state index contributed by atoms with van der Waals surface area (Å²) < 4.78 is 5.07. The molecule has 6 nitrogen and oxygen atoms in total. The first-order valence-electron chi connectivity index (χ1n) is 10.3. The van der Waals surface area contributed by atoms with Gasteiger partial charge in [-0.2, -0.15) is 0 Å². The van der Waals surface area contributed by atoms with Crippen molar-refractivity contribution in [1.29, 1.82) is 0 Å². The van der Waals surface area contributed by atoms with E-state index < -0.39 is 5.97 Å². The second-order valence-electron chi connectivity index (χ2n) is 7.35. The van der Waals surface area contributed by atoms with Crippen LogP contribution >= 0.6 is 0 Å². The van der Waals surface area contributed by atoms with Crippen molar-refractivity contribution in [3.63, 3.8) is 0 Å². The Hall–Kier alpha value is -2.89. The number of pyridine rings is 2. The number of nitrogens with one attached hydrogen (secondary N) is 1.